The zero-order valence-corrected chi connectivity index (χ0v) is 18.0. The Kier molecular flexibility index (Phi) is 6.82. The normalized spacial score (nSPS) is 15.3. The van der Waals surface area contributed by atoms with E-state index in [1.165, 1.54) is 12.1 Å². The van der Waals surface area contributed by atoms with Crippen molar-refractivity contribution in [2.45, 2.75) is 31.7 Å². The summed E-state index contributed by atoms with van der Waals surface area (Å²) in [5.41, 5.74) is 2.99. The lowest BCUT2D eigenvalue weighted by Gasteiger charge is -2.36. The molecule has 6 nitrogen and oxygen atoms in total. The number of pyridine rings is 1. The van der Waals surface area contributed by atoms with Gasteiger partial charge in [0, 0.05) is 74.7 Å². The minimum absolute atomic E-state index is 0.0298. The predicted molar refractivity (Wildman–Crippen MR) is 121 cm³/mol. The van der Waals surface area contributed by atoms with Crippen LogP contribution in [0.25, 0.3) is 10.9 Å². The van der Waals surface area contributed by atoms with Crippen molar-refractivity contribution in [1.82, 2.24) is 25.1 Å². The van der Waals surface area contributed by atoms with E-state index in [1.54, 1.807) is 6.07 Å². The third-order valence-electron chi connectivity index (χ3n) is 6.24. The first kappa shape index (κ1) is 21.3. The van der Waals surface area contributed by atoms with Gasteiger partial charge in [-0.2, -0.15) is 0 Å². The second kappa shape index (κ2) is 9.92. The van der Waals surface area contributed by atoms with Crippen molar-refractivity contribution in [2.24, 2.45) is 0 Å². The monoisotopic (exact) mass is 423 g/mol. The molecule has 3 aromatic rings. The third-order valence-corrected chi connectivity index (χ3v) is 6.24. The topological polar surface area (TPSA) is 64.3 Å². The van der Waals surface area contributed by atoms with Crippen molar-refractivity contribution in [3.8, 4) is 0 Å². The predicted octanol–water partition coefficient (Wildman–Crippen LogP) is 3.59. The summed E-state index contributed by atoms with van der Waals surface area (Å²) in [7, 11) is 1.89. The first-order chi connectivity index (χ1) is 15.1. The second-order valence-electron chi connectivity index (χ2n) is 8.24. The van der Waals surface area contributed by atoms with E-state index < -0.39 is 0 Å². The van der Waals surface area contributed by atoms with Gasteiger partial charge >= 0.3 is 6.03 Å². The summed E-state index contributed by atoms with van der Waals surface area (Å²) in [4.78, 5) is 24.4. The molecule has 2 aromatic heterocycles. The number of piperidine rings is 1. The van der Waals surface area contributed by atoms with Crippen LogP contribution in [0.1, 0.15) is 24.1 Å². The molecule has 7 heteroatoms. The maximum atomic E-state index is 13.3. The van der Waals surface area contributed by atoms with Crippen LogP contribution < -0.4 is 5.32 Å². The van der Waals surface area contributed by atoms with Gasteiger partial charge in [0.1, 0.15) is 5.82 Å². The highest BCUT2D eigenvalue weighted by molar-refractivity contribution is 5.83. The molecule has 0 spiro atoms. The Balaban J connectivity index is 1.19. The van der Waals surface area contributed by atoms with E-state index in [2.05, 4.69) is 26.3 Å². The number of halogens is 1. The van der Waals surface area contributed by atoms with E-state index in [-0.39, 0.29) is 17.9 Å². The molecule has 1 aromatic carbocycles. The Labute approximate surface area is 182 Å². The number of nitrogens with zero attached hydrogens (tertiary/aromatic N) is 3. The largest absolute Gasteiger partial charge is 0.361 e. The average Bonchev–Trinajstić information content (AvgIpc) is 3.20. The van der Waals surface area contributed by atoms with Gasteiger partial charge in [0.2, 0.25) is 0 Å². The van der Waals surface area contributed by atoms with Crippen LogP contribution in [0.4, 0.5) is 9.18 Å². The van der Waals surface area contributed by atoms with Crippen LogP contribution in [0.15, 0.2) is 48.8 Å². The molecule has 0 saturated carbocycles. The fourth-order valence-electron chi connectivity index (χ4n) is 4.31. The van der Waals surface area contributed by atoms with Gasteiger partial charge in [0.25, 0.3) is 0 Å². The molecule has 0 aliphatic carbocycles. The number of aromatic nitrogens is 2. The van der Waals surface area contributed by atoms with Crippen molar-refractivity contribution in [3.63, 3.8) is 0 Å². The smallest absolute Gasteiger partial charge is 0.317 e. The molecule has 4 rings (SSSR count). The second-order valence-corrected chi connectivity index (χ2v) is 8.24. The van der Waals surface area contributed by atoms with Crippen molar-refractivity contribution >= 4 is 16.9 Å². The number of aromatic amines is 1. The quantitative estimate of drug-likeness (QED) is 0.610. The highest BCUT2D eigenvalue weighted by Crippen LogP contribution is 2.20. The van der Waals surface area contributed by atoms with Crippen molar-refractivity contribution in [3.05, 3.63) is 65.9 Å². The summed E-state index contributed by atoms with van der Waals surface area (Å²) < 4.78 is 13.3. The number of nitrogens with one attached hydrogen (secondary N) is 2. The molecule has 0 unspecified atom stereocenters. The molecule has 1 aliphatic heterocycles. The Morgan fingerprint density at radius 1 is 1.26 bits per heavy atom. The summed E-state index contributed by atoms with van der Waals surface area (Å²) in [6.45, 7) is 3.56. The number of hydrogen-bond acceptors (Lipinski definition) is 3. The van der Waals surface area contributed by atoms with E-state index in [4.69, 9.17) is 0 Å². The maximum Gasteiger partial charge on any atom is 0.317 e. The minimum Gasteiger partial charge on any atom is -0.361 e. The zero-order valence-electron chi connectivity index (χ0n) is 18.0. The number of carbonyl (C=O) groups excluding carboxylic acids is 1. The maximum absolute atomic E-state index is 13.3. The van der Waals surface area contributed by atoms with Gasteiger partial charge < -0.3 is 20.1 Å². The van der Waals surface area contributed by atoms with Crippen LogP contribution in [0, 0.1) is 5.82 Å². The van der Waals surface area contributed by atoms with Gasteiger partial charge in [-0.1, -0.05) is 6.07 Å². The lowest BCUT2D eigenvalue weighted by Crippen LogP contribution is -2.49. The summed E-state index contributed by atoms with van der Waals surface area (Å²) in [6, 6.07) is 11.0. The zero-order chi connectivity index (χ0) is 21.6. The minimum atomic E-state index is -0.251. The number of H-pyrrole nitrogens is 1. The molecule has 1 saturated heterocycles. The first-order valence-corrected chi connectivity index (χ1v) is 11.0. The van der Waals surface area contributed by atoms with Crippen LogP contribution in [0.3, 0.4) is 0 Å². The summed E-state index contributed by atoms with van der Waals surface area (Å²) >= 11 is 0. The summed E-state index contributed by atoms with van der Waals surface area (Å²) in [5.74, 6) is -0.251. The Morgan fingerprint density at radius 2 is 2.10 bits per heavy atom. The van der Waals surface area contributed by atoms with E-state index in [0.717, 1.165) is 61.1 Å². The number of amides is 2. The fourth-order valence-corrected chi connectivity index (χ4v) is 4.31. The standard InChI is InChI=1S/C24H30FN5O/c1-29(21-9-14-30(15-10-21)13-8-20-4-2-3-11-26-20)24(31)27-12-7-18-17-28-23-16-19(25)5-6-22(18)23/h2-6,11,16-17,21,28H,7-10,12-15H2,1H3,(H,27,31). The number of benzene rings is 1. The Hall–Kier alpha value is -2.93. The SMILES string of the molecule is CN(C(=O)NCCc1c[nH]c2cc(F)ccc12)C1CCN(CCc2ccccn2)CC1. The number of rotatable bonds is 7. The van der Waals surface area contributed by atoms with Crippen molar-refractivity contribution in [2.75, 3.05) is 33.2 Å². The number of fused-ring (bicyclic) bond motifs is 1. The van der Waals surface area contributed by atoms with E-state index >= 15 is 0 Å². The van der Waals surface area contributed by atoms with Crippen molar-refractivity contribution in [1.29, 1.82) is 0 Å². The molecule has 1 aliphatic rings. The van der Waals surface area contributed by atoms with Crippen LogP contribution >= 0.6 is 0 Å². The molecule has 164 valence electrons. The van der Waals surface area contributed by atoms with Crippen LogP contribution in [0.2, 0.25) is 0 Å². The van der Waals surface area contributed by atoms with Crippen LogP contribution in [0.5, 0.6) is 0 Å². The van der Waals surface area contributed by atoms with Gasteiger partial charge in [0.15, 0.2) is 0 Å². The molecular formula is C24H30FN5O. The van der Waals surface area contributed by atoms with E-state index in [9.17, 15) is 9.18 Å². The Bertz CT molecular complexity index is 998. The lowest BCUT2D eigenvalue weighted by molar-refractivity contribution is 0.135. The number of carbonyl (C=O) groups is 1. The summed E-state index contributed by atoms with van der Waals surface area (Å²) in [6.07, 6.45) is 7.37. The van der Waals surface area contributed by atoms with Gasteiger partial charge in [0.05, 0.1) is 0 Å². The number of likely N-dealkylation sites (tertiary alicyclic amines) is 1. The molecular weight excluding hydrogens is 393 g/mol. The molecule has 31 heavy (non-hydrogen) atoms. The fraction of sp³-hybridized carbons (Fsp3) is 0.417. The van der Waals surface area contributed by atoms with Crippen molar-refractivity contribution < 1.29 is 9.18 Å². The Morgan fingerprint density at radius 3 is 2.87 bits per heavy atom. The molecule has 2 N–H and O–H groups in total. The highest BCUT2D eigenvalue weighted by atomic mass is 19.1. The number of urea groups is 1. The molecule has 3 heterocycles. The van der Waals surface area contributed by atoms with Gasteiger partial charge in [-0.15, -0.1) is 0 Å². The van der Waals surface area contributed by atoms with Gasteiger partial charge in [-0.3, -0.25) is 4.98 Å². The van der Waals surface area contributed by atoms with Gasteiger partial charge in [-0.25, -0.2) is 9.18 Å². The lowest BCUT2D eigenvalue weighted by atomic mass is 10.0. The first-order valence-electron chi connectivity index (χ1n) is 11.0. The highest BCUT2D eigenvalue weighted by Gasteiger charge is 2.25. The average molecular weight is 424 g/mol. The third kappa shape index (κ3) is 5.41. The van der Waals surface area contributed by atoms with Crippen LogP contribution in [-0.4, -0.2) is 65.1 Å². The molecule has 0 bridgehead atoms. The van der Waals surface area contributed by atoms with Crippen LogP contribution in [-0.2, 0) is 12.8 Å². The molecule has 0 atom stereocenters. The van der Waals surface area contributed by atoms with E-state index in [1.807, 2.05) is 36.5 Å². The number of hydrogen-bond donors (Lipinski definition) is 2. The van der Waals surface area contributed by atoms with Gasteiger partial charge in [-0.05, 0) is 55.2 Å². The molecule has 1 fully saturated rings. The summed E-state index contributed by atoms with van der Waals surface area (Å²) in [5, 5.41) is 4.03. The van der Waals surface area contributed by atoms with E-state index in [0.29, 0.717) is 13.0 Å². The molecule has 2 amide bonds. The molecule has 0 radical (unpaired) electrons.